The highest BCUT2D eigenvalue weighted by Crippen LogP contribution is 2.33. The number of rotatable bonds is 5. The predicted octanol–water partition coefficient (Wildman–Crippen LogP) is 5.26. The van der Waals surface area contributed by atoms with Gasteiger partial charge in [-0.15, -0.1) is 5.10 Å². The summed E-state index contributed by atoms with van der Waals surface area (Å²) in [6.07, 6.45) is 3.59. The first-order valence-corrected chi connectivity index (χ1v) is 10.5. The van der Waals surface area contributed by atoms with Crippen molar-refractivity contribution in [2.24, 2.45) is 0 Å². The Labute approximate surface area is 183 Å². The lowest BCUT2D eigenvalue weighted by Gasteiger charge is -2.13. The zero-order chi connectivity index (χ0) is 20.7. The molecule has 1 aliphatic rings. The smallest absolute Gasteiger partial charge is 0.254 e. The third-order valence-corrected chi connectivity index (χ3v) is 5.79. The first kappa shape index (κ1) is 19.2. The molecule has 2 heterocycles. The van der Waals surface area contributed by atoms with Crippen LogP contribution in [0.3, 0.4) is 0 Å². The molecule has 0 fully saturated rings. The topological polar surface area (TPSA) is 64.3 Å². The van der Waals surface area contributed by atoms with Crippen LogP contribution >= 0.6 is 23.2 Å². The lowest BCUT2D eigenvalue weighted by Crippen LogP contribution is -2.07. The molecule has 0 unspecified atom stereocenters. The fourth-order valence-corrected chi connectivity index (χ4v) is 4.18. The largest absolute Gasteiger partial charge is 0.495 e. The minimum absolute atomic E-state index is 0.548. The molecule has 0 atom stereocenters. The fourth-order valence-electron chi connectivity index (χ4n) is 3.79. The first-order chi connectivity index (χ1) is 14.6. The molecular formula is C22H19Cl2N5O. The van der Waals surface area contributed by atoms with Crippen LogP contribution in [-0.2, 0) is 19.3 Å². The van der Waals surface area contributed by atoms with Crippen molar-refractivity contribution in [3.63, 3.8) is 0 Å². The molecule has 2 aromatic heterocycles. The standard InChI is InChI=1S/C22H19Cl2N5O/c1-30-19-10-9-15(12-17(19)24)25-21-16-3-2-4-18(16)26-22-27-20(28-29(21)22)11-13-5-7-14(23)8-6-13/h5-10,12,25H,2-4,11H2,1H3. The van der Waals surface area contributed by atoms with Crippen LogP contribution in [0.2, 0.25) is 10.0 Å². The minimum atomic E-state index is 0.548. The summed E-state index contributed by atoms with van der Waals surface area (Å²) in [7, 11) is 1.60. The van der Waals surface area contributed by atoms with Gasteiger partial charge in [-0.2, -0.15) is 9.50 Å². The fraction of sp³-hybridized carbons (Fsp3) is 0.227. The van der Waals surface area contributed by atoms with Gasteiger partial charge in [0, 0.05) is 22.7 Å². The number of aromatic nitrogens is 4. The number of nitrogens with zero attached hydrogens (tertiary/aromatic N) is 4. The van der Waals surface area contributed by atoms with E-state index in [2.05, 4.69) is 10.3 Å². The summed E-state index contributed by atoms with van der Waals surface area (Å²) in [5.74, 6) is 2.84. The number of benzene rings is 2. The number of anilines is 2. The maximum Gasteiger partial charge on any atom is 0.254 e. The highest BCUT2D eigenvalue weighted by molar-refractivity contribution is 6.32. The van der Waals surface area contributed by atoms with Gasteiger partial charge in [0.2, 0.25) is 0 Å². The van der Waals surface area contributed by atoms with Crippen molar-refractivity contribution >= 4 is 40.5 Å². The number of fused-ring (bicyclic) bond motifs is 2. The Balaban J connectivity index is 1.55. The van der Waals surface area contributed by atoms with Crippen molar-refractivity contribution in [2.75, 3.05) is 12.4 Å². The summed E-state index contributed by atoms with van der Waals surface area (Å²) in [4.78, 5) is 9.44. The number of hydrogen-bond acceptors (Lipinski definition) is 5. The van der Waals surface area contributed by atoms with Crippen LogP contribution in [0.1, 0.15) is 29.1 Å². The number of hydrogen-bond donors (Lipinski definition) is 1. The molecule has 0 saturated carbocycles. The molecule has 5 rings (SSSR count). The van der Waals surface area contributed by atoms with Gasteiger partial charge in [0.15, 0.2) is 5.82 Å². The average molecular weight is 440 g/mol. The number of halogens is 2. The van der Waals surface area contributed by atoms with Crippen LogP contribution in [-0.4, -0.2) is 26.7 Å². The molecule has 0 amide bonds. The van der Waals surface area contributed by atoms with Crippen molar-refractivity contribution in [3.8, 4) is 5.75 Å². The van der Waals surface area contributed by atoms with Gasteiger partial charge in [0.05, 0.1) is 17.8 Å². The maximum atomic E-state index is 6.32. The second kappa shape index (κ2) is 7.78. The Bertz CT molecular complexity index is 1240. The summed E-state index contributed by atoms with van der Waals surface area (Å²) < 4.78 is 7.06. The Kier molecular flexibility index (Phi) is 4.97. The lowest BCUT2D eigenvalue weighted by molar-refractivity contribution is 0.415. The van der Waals surface area contributed by atoms with Crippen LogP contribution in [0.25, 0.3) is 5.78 Å². The van der Waals surface area contributed by atoms with Gasteiger partial charge in [-0.25, -0.2) is 4.98 Å². The summed E-state index contributed by atoms with van der Waals surface area (Å²) >= 11 is 12.3. The molecule has 30 heavy (non-hydrogen) atoms. The molecule has 2 aromatic carbocycles. The van der Waals surface area contributed by atoms with Crippen molar-refractivity contribution < 1.29 is 4.74 Å². The molecule has 0 spiro atoms. The van der Waals surface area contributed by atoms with E-state index >= 15 is 0 Å². The van der Waals surface area contributed by atoms with E-state index in [0.29, 0.717) is 33.8 Å². The monoisotopic (exact) mass is 439 g/mol. The van der Waals surface area contributed by atoms with Crippen LogP contribution < -0.4 is 10.1 Å². The third kappa shape index (κ3) is 3.57. The van der Waals surface area contributed by atoms with Crippen molar-refractivity contribution in [2.45, 2.75) is 25.7 Å². The molecule has 0 radical (unpaired) electrons. The Hall–Kier alpha value is -2.83. The first-order valence-electron chi connectivity index (χ1n) is 9.73. The van der Waals surface area contributed by atoms with E-state index in [1.165, 1.54) is 5.56 Å². The van der Waals surface area contributed by atoms with Gasteiger partial charge >= 0.3 is 0 Å². The van der Waals surface area contributed by atoms with Crippen LogP contribution in [0, 0.1) is 0 Å². The van der Waals surface area contributed by atoms with E-state index < -0.39 is 0 Å². The average Bonchev–Trinajstić information content (AvgIpc) is 3.36. The van der Waals surface area contributed by atoms with Crippen molar-refractivity contribution in [3.05, 3.63) is 75.2 Å². The molecule has 0 aliphatic heterocycles. The number of nitrogens with one attached hydrogen (secondary N) is 1. The molecule has 0 bridgehead atoms. The van der Waals surface area contributed by atoms with Crippen molar-refractivity contribution in [1.29, 1.82) is 0 Å². The molecule has 1 aliphatic carbocycles. The highest BCUT2D eigenvalue weighted by Gasteiger charge is 2.22. The van der Waals surface area contributed by atoms with Crippen molar-refractivity contribution in [1.82, 2.24) is 19.6 Å². The summed E-state index contributed by atoms with van der Waals surface area (Å²) in [5, 5.41) is 9.50. The van der Waals surface area contributed by atoms with Gasteiger partial charge < -0.3 is 10.1 Å². The summed E-state index contributed by atoms with van der Waals surface area (Å²) in [6.45, 7) is 0. The van der Waals surface area contributed by atoms with Gasteiger partial charge in [-0.3, -0.25) is 0 Å². The molecule has 152 valence electrons. The zero-order valence-electron chi connectivity index (χ0n) is 16.3. The molecule has 0 saturated heterocycles. The minimum Gasteiger partial charge on any atom is -0.495 e. The number of ether oxygens (including phenoxy) is 1. The normalized spacial score (nSPS) is 12.9. The predicted molar refractivity (Wildman–Crippen MR) is 118 cm³/mol. The van der Waals surface area contributed by atoms with Crippen LogP contribution in [0.15, 0.2) is 42.5 Å². The van der Waals surface area contributed by atoms with E-state index in [1.54, 1.807) is 11.6 Å². The maximum absolute atomic E-state index is 6.32. The van der Waals surface area contributed by atoms with Gasteiger partial charge in [-0.05, 0) is 55.2 Å². The van der Waals surface area contributed by atoms with Gasteiger partial charge in [-0.1, -0.05) is 35.3 Å². The highest BCUT2D eigenvalue weighted by atomic mass is 35.5. The Morgan fingerprint density at radius 2 is 1.90 bits per heavy atom. The zero-order valence-corrected chi connectivity index (χ0v) is 17.8. The summed E-state index contributed by atoms with van der Waals surface area (Å²) in [6, 6.07) is 13.3. The summed E-state index contributed by atoms with van der Waals surface area (Å²) in [5.41, 5.74) is 4.21. The molecule has 6 nitrogen and oxygen atoms in total. The Morgan fingerprint density at radius 1 is 1.07 bits per heavy atom. The second-order valence-electron chi connectivity index (χ2n) is 7.26. The number of aryl methyl sites for hydroxylation is 1. The Morgan fingerprint density at radius 3 is 2.67 bits per heavy atom. The molecular weight excluding hydrogens is 421 g/mol. The van der Waals surface area contributed by atoms with E-state index in [0.717, 1.165) is 42.0 Å². The quantitative estimate of drug-likeness (QED) is 0.459. The SMILES string of the molecule is COc1ccc(Nc2c3c(nc4nc(Cc5ccc(Cl)cc5)nn24)CCC3)cc1Cl. The lowest BCUT2D eigenvalue weighted by atomic mass is 10.1. The third-order valence-electron chi connectivity index (χ3n) is 5.25. The van der Waals surface area contributed by atoms with E-state index in [-0.39, 0.29) is 0 Å². The molecule has 8 heteroatoms. The van der Waals surface area contributed by atoms with E-state index in [1.807, 2.05) is 42.5 Å². The van der Waals surface area contributed by atoms with Gasteiger partial charge in [0.25, 0.3) is 5.78 Å². The van der Waals surface area contributed by atoms with E-state index in [4.69, 9.17) is 38.0 Å². The van der Waals surface area contributed by atoms with Crippen LogP contribution in [0.5, 0.6) is 5.75 Å². The number of methoxy groups -OCH3 is 1. The molecule has 4 aromatic rings. The molecule has 1 N–H and O–H groups in total. The van der Waals surface area contributed by atoms with E-state index in [9.17, 15) is 0 Å². The van der Waals surface area contributed by atoms with Crippen LogP contribution in [0.4, 0.5) is 11.5 Å². The van der Waals surface area contributed by atoms with Gasteiger partial charge in [0.1, 0.15) is 11.6 Å². The second-order valence-corrected chi connectivity index (χ2v) is 8.10.